The highest BCUT2D eigenvalue weighted by Gasteiger charge is 2.16. The number of hydrogen-bond acceptors (Lipinski definition) is 4. The van der Waals surface area contributed by atoms with Crippen LogP contribution in [0.25, 0.3) is 22.2 Å². The fraction of sp³-hybridized carbons (Fsp3) is 0.478. The topological polar surface area (TPSA) is 56.8 Å². The van der Waals surface area contributed by atoms with Crippen LogP contribution in [0.1, 0.15) is 36.9 Å². The predicted molar refractivity (Wildman–Crippen MR) is 117 cm³/mol. The predicted octanol–water partition coefficient (Wildman–Crippen LogP) is 4.91. The van der Waals surface area contributed by atoms with E-state index in [-0.39, 0.29) is 5.82 Å². The number of piperidine rings is 1. The molecule has 2 aromatic heterocycles. The summed E-state index contributed by atoms with van der Waals surface area (Å²) in [6.07, 6.45) is 6.88. The van der Waals surface area contributed by atoms with Gasteiger partial charge in [-0.25, -0.2) is 14.4 Å². The zero-order chi connectivity index (χ0) is 20.4. The van der Waals surface area contributed by atoms with Crippen LogP contribution in [0.15, 0.2) is 24.4 Å². The molecule has 4 rings (SSSR count). The van der Waals surface area contributed by atoms with Crippen molar-refractivity contribution in [1.82, 2.24) is 19.9 Å². The van der Waals surface area contributed by atoms with Gasteiger partial charge in [-0.15, -0.1) is 0 Å². The molecule has 0 atom stereocenters. The monoisotopic (exact) mass is 395 g/mol. The number of aromatic amines is 1. The third kappa shape index (κ3) is 4.42. The van der Waals surface area contributed by atoms with Crippen molar-refractivity contribution >= 4 is 16.9 Å². The number of nitrogens with one attached hydrogen (secondary N) is 2. The molecule has 0 unspecified atom stereocenters. The molecule has 1 aliphatic rings. The molecule has 5 nitrogen and oxygen atoms in total. The maximum atomic E-state index is 13.8. The van der Waals surface area contributed by atoms with Gasteiger partial charge in [-0.1, -0.05) is 0 Å². The van der Waals surface area contributed by atoms with Crippen LogP contribution in [0.5, 0.6) is 0 Å². The van der Waals surface area contributed by atoms with Gasteiger partial charge >= 0.3 is 0 Å². The highest BCUT2D eigenvalue weighted by Crippen LogP contribution is 2.28. The fourth-order valence-electron chi connectivity index (χ4n) is 4.22. The quantitative estimate of drug-likeness (QED) is 0.582. The van der Waals surface area contributed by atoms with E-state index in [2.05, 4.69) is 32.2 Å². The van der Waals surface area contributed by atoms with Gasteiger partial charge < -0.3 is 15.2 Å². The smallest absolute Gasteiger partial charge is 0.222 e. The van der Waals surface area contributed by atoms with Crippen molar-refractivity contribution in [3.05, 3.63) is 41.5 Å². The number of fused-ring (bicyclic) bond motifs is 1. The Labute approximate surface area is 171 Å². The number of aryl methyl sites for hydroxylation is 2. The Morgan fingerprint density at radius 3 is 2.79 bits per heavy atom. The van der Waals surface area contributed by atoms with Gasteiger partial charge in [0, 0.05) is 34.9 Å². The molecule has 154 valence electrons. The van der Waals surface area contributed by atoms with E-state index in [4.69, 9.17) is 0 Å². The van der Waals surface area contributed by atoms with Gasteiger partial charge in [0.15, 0.2) is 0 Å². The number of halogens is 1. The van der Waals surface area contributed by atoms with E-state index in [9.17, 15) is 4.39 Å². The highest BCUT2D eigenvalue weighted by molar-refractivity contribution is 5.88. The number of nitrogens with zero attached hydrogens (tertiary/aromatic N) is 3. The van der Waals surface area contributed by atoms with Gasteiger partial charge in [-0.3, -0.25) is 0 Å². The maximum Gasteiger partial charge on any atom is 0.222 e. The Balaban J connectivity index is 1.37. The number of likely N-dealkylation sites (tertiary alicyclic amines) is 1. The van der Waals surface area contributed by atoms with E-state index >= 15 is 0 Å². The minimum absolute atomic E-state index is 0.196. The second kappa shape index (κ2) is 8.49. The number of H-pyrrole nitrogens is 1. The number of rotatable bonds is 6. The lowest BCUT2D eigenvalue weighted by molar-refractivity contribution is 0.211. The molecule has 0 aliphatic carbocycles. The summed E-state index contributed by atoms with van der Waals surface area (Å²) >= 11 is 0. The van der Waals surface area contributed by atoms with Crippen LogP contribution in [0, 0.1) is 25.6 Å². The molecule has 1 aromatic carbocycles. The summed E-state index contributed by atoms with van der Waals surface area (Å²) < 4.78 is 13.8. The second-order valence-corrected chi connectivity index (χ2v) is 8.33. The minimum Gasteiger partial charge on any atom is -0.354 e. The lowest BCUT2D eigenvalue weighted by Gasteiger charge is -2.28. The van der Waals surface area contributed by atoms with Gasteiger partial charge in [0.25, 0.3) is 0 Å². The summed E-state index contributed by atoms with van der Waals surface area (Å²) in [5, 5.41) is 4.36. The number of anilines is 1. The van der Waals surface area contributed by atoms with Crippen molar-refractivity contribution < 1.29 is 4.39 Å². The van der Waals surface area contributed by atoms with Crippen LogP contribution in [-0.2, 0) is 0 Å². The first kappa shape index (κ1) is 19.8. The van der Waals surface area contributed by atoms with Crippen molar-refractivity contribution in [3.8, 4) is 11.3 Å². The zero-order valence-corrected chi connectivity index (χ0v) is 17.6. The first-order chi connectivity index (χ1) is 14.0. The molecule has 1 aliphatic heterocycles. The molecular weight excluding hydrogens is 365 g/mol. The SMILES string of the molecule is Cc1nc(NCCCC2CCN(C)CC2)ncc1-c1cc2ccc(F)c(C)c2[nH]1. The third-order valence-corrected chi connectivity index (χ3v) is 6.17. The van der Waals surface area contributed by atoms with E-state index < -0.39 is 0 Å². The zero-order valence-electron chi connectivity index (χ0n) is 17.6. The van der Waals surface area contributed by atoms with Crippen LogP contribution in [0.4, 0.5) is 10.3 Å². The van der Waals surface area contributed by atoms with Crippen molar-refractivity contribution in [2.24, 2.45) is 5.92 Å². The van der Waals surface area contributed by atoms with E-state index in [0.717, 1.165) is 46.7 Å². The van der Waals surface area contributed by atoms with Gasteiger partial charge in [-0.2, -0.15) is 0 Å². The molecule has 0 saturated carbocycles. The second-order valence-electron chi connectivity index (χ2n) is 8.33. The molecule has 0 spiro atoms. The summed E-state index contributed by atoms with van der Waals surface area (Å²) in [7, 11) is 2.20. The maximum absolute atomic E-state index is 13.8. The largest absolute Gasteiger partial charge is 0.354 e. The van der Waals surface area contributed by atoms with E-state index in [1.54, 1.807) is 13.0 Å². The molecule has 2 N–H and O–H groups in total. The molecule has 6 heteroatoms. The molecule has 0 radical (unpaired) electrons. The first-order valence-corrected chi connectivity index (χ1v) is 10.6. The van der Waals surface area contributed by atoms with Crippen LogP contribution in [0.2, 0.25) is 0 Å². The summed E-state index contributed by atoms with van der Waals surface area (Å²) in [6.45, 7) is 7.12. The molecule has 3 aromatic rings. The van der Waals surface area contributed by atoms with E-state index in [1.807, 2.05) is 19.2 Å². The Morgan fingerprint density at radius 1 is 1.24 bits per heavy atom. The van der Waals surface area contributed by atoms with Crippen molar-refractivity contribution in [2.45, 2.75) is 39.5 Å². The standard InChI is InChI=1S/C23H30FN5/c1-15-20(24)7-6-18-13-21(28-22(15)18)19-14-26-23(27-16(19)2)25-10-4-5-17-8-11-29(3)12-9-17/h6-7,13-14,17,28H,4-5,8-12H2,1-3H3,(H,25,26,27). The Bertz CT molecular complexity index is 988. The van der Waals surface area contributed by atoms with Crippen LogP contribution in [0.3, 0.4) is 0 Å². The number of benzene rings is 1. The van der Waals surface area contributed by atoms with Crippen LogP contribution < -0.4 is 5.32 Å². The van der Waals surface area contributed by atoms with E-state index in [0.29, 0.717) is 11.5 Å². The van der Waals surface area contributed by atoms with Crippen molar-refractivity contribution in [1.29, 1.82) is 0 Å². The molecule has 29 heavy (non-hydrogen) atoms. The molecule has 1 fully saturated rings. The van der Waals surface area contributed by atoms with E-state index in [1.165, 1.54) is 38.4 Å². The van der Waals surface area contributed by atoms with Gasteiger partial charge in [0.1, 0.15) is 5.82 Å². The highest BCUT2D eigenvalue weighted by atomic mass is 19.1. The molecule has 1 saturated heterocycles. The molecule has 0 bridgehead atoms. The summed E-state index contributed by atoms with van der Waals surface area (Å²) in [5.74, 6) is 1.33. The molecule has 3 heterocycles. The summed E-state index contributed by atoms with van der Waals surface area (Å²) in [4.78, 5) is 14.9. The number of aromatic nitrogens is 3. The number of hydrogen-bond donors (Lipinski definition) is 2. The Morgan fingerprint density at radius 2 is 2.03 bits per heavy atom. The van der Waals surface area contributed by atoms with Crippen molar-refractivity contribution in [3.63, 3.8) is 0 Å². The lowest BCUT2D eigenvalue weighted by Crippen LogP contribution is -2.30. The van der Waals surface area contributed by atoms with Crippen LogP contribution in [-0.4, -0.2) is 46.5 Å². The Kier molecular flexibility index (Phi) is 5.81. The average molecular weight is 396 g/mol. The van der Waals surface area contributed by atoms with Gasteiger partial charge in [0.2, 0.25) is 5.95 Å². The average Bonchev–Trinajstić information content (AvgIpc) is 3.14. The first-order valence-electron chi connectivity index (χ1n) is 10.6. The normalized spacial score (nSPS) is 15.9. The lowest BCUT2D eigenvalue weighted by atomic mass is 9.92. The van der Waals surface area contributed by atoms with Crippen LogP contribution >= 0.6 is 0 Å². The summed E-state index contributed by atoms with van der Waals surface area (Å²) in [5.41, 5.74) is 4.23. The van der Waals surface area contributed by atoms with Crippen molar-refractivity contribution in [2.75, 3.05) is 32.0 Å². The molecule has 0 amide bonds. The summed E-state index contributed by atoms with van der Waals surface area (Å²) in [6, 6.07) is 5.34. The van der Waals surface area contributed by atoms with Gasteiger partial charge in [-0.05, 0) is 83.8 Å². The molecular formula is C23H30FN5. The Hall–Kier alpha value is -2.47. The fourth-order valence-corrected chi connectivity index (χ4v) is 4.22. The minimum atomic E-state index is -0.196. The van der Waals surface area contributed by atoms with Gasteiger partial charge in [0.05, 0.1) is 11.2 Å². The third-order valence-electron chi connectivity index (χ3n) is 6.17.